The van der Waals surface area contributed by atoms with Gasteiger partial charge in [0, 0.05) is 19.3 Å². The number of anilines is 1. The van der Waals surface area contributed by atoms with Crippen molar-refractivity contribution in [2.24, 2.45) is 0 Å². The van der Waals surface area contributed by atoms with Crippen LogP contribution < -0.4 is 34.9 Å². The summed E-state index contributed by atoms with van der Waals surface area (Å²) >= 11 is 0. The van der Waals surface area contributed by atoms with Crippen LogP contribution in [0.1, 0.15) is 22.3 Å². The van der Waals surface area contributed by atoms with E-state index in [0.717, 1.165) is 39.1 Å². The minimum atomic E-state index is -4.45. The van der Waals surface area contributed by atoms with Crippen molar-refractivity contribution in [3.8, 4) is 11.1 Å². The fraction of sp³-hybridized carbons (Fsp3) is 0.200. The molecule has 0 saturated heterocycles. The molecular formula is C35H36NNaO8S. The van der Waals surface area contributed by atoms with Crippen molar-refractivity contribution in [3.63, 3.8) is 0 Å². The number of aliphatic hydroxyl groups excluding tert-OH is 4. The smallest absolute Gasteiger partial charge is 0.744 e. The van der Waals surface area contributed by atoms with Gasteiger partial charge in [0.15, 0.2) is 0 Å². The van der Waals surface area contributed by atoms with Crippen LogP contribution in [0.25, 0.3) is 35.4 Å². The van der Waals surface area contributed by atoms with Crippen LogP contribution in [0.15, 0.2) is 102 Å². The van der Waals surface area contributed by atoms with E-state index in [2.05, 4.69) is 17.4 Å². The van der Waals surface area contributed by atoms with E-state index >= 15 is 0 Å². The minimum absolute atomic E-state index is 0. The monoisotopic (exact) mass is 653 g/mol. The van der Waals surface area contributed by atoms with Crippen molar-refractivity contribution in [2.75, 3.05) is 25.6 Å². The van der Waals surface area contributed by atoms with Crippen molar-refractivity contribution in [3.05, 3.63) is 119 Å². The Labute approximate surface area is 291 Å². The van der Waals surface area contributed by atoms with E-state index in [9.17, 15) is 28.3 Å². The zero-order valence-electron chi connectivity index (χ0n) is 25.6. The number of rotatable bonds is 14. The van der Waals surface area contributed by atoms with Crippen LogP contribution in [-0.2, 0) is 14.9 Å². The maximum absolute atomic E-state index is 11.1. The van der Waals surface area contributed by atoms with Gasteiger partial charge in [0.1, 0.15) is 28.4 Å². The first-order valence-corrected chi connectivity index (χ1v) is 15.6. The fourth-order valence-electron chi connectivity index (χ4n) is 4.61. The van der Waals surface area contributed by atoms with Crippen LogP contribution in [0.2, 0.25) is 0 Å². The molecule has 4 aromatic rings. The minimum Gasteiger partial charge on any atom is -0.744 e. The number of nitrogens with one attached hydrogen (secondary N) is 1. The summed E-state index contributed by atoms with van der Waals surface area (Å²) < 4.78 is 38.2. The maximum atomic E-state index is 11.1. The Hall–Kier alpha value is -3.13. The van der Waals surface area contributed by atoms with Crippen molar-refractivity contribution in [1.29, 1.82) is 0 Å². The number of aliphatic hydroxyl groups is 4. The molecule has 0 fully saturated rings. The van der Waals surface area contributed by atoms with Gasteiger partial charge in [-0.05, 0) is 57.6 Å². The second kappa shape index (κ2) is 17.7. The molecule has 5 N–H and O–H groups in total. The van der Waals surface area contributed by atoms with Crippen molar-refractivity contribution in [2.45, 2.75) is 29.3 Å². The molecule has 0 heterocycles. The van der Waals surface area contributed by atoms with Gasteiger partial charge >= 0.3 is 29.6 Å². The molecule has 11 heteroatoms. The maximum Gasteiger partial charge on any atom is 1.00 e. The van der Waals surface area contributed by atoms with Crippen molar-refractivity contribution in [1.82, 2.24) is 0 Å². The zero-order valence-corrected chi connectivity index (χ0v) is 28.4. The molecule has 0 aliphatic rings. The summed E-state index contributed by atoms with van der Waals surface area (Å²) in [4.78, 5) is -0.249. The van der Waals surface area contributed by atoms with E-state index in [4.69, 9.17) is 9.84 Å². The van der Waals surface area contributed by atoms with Gasteiger partial charge in [0.2, 0.25) is 0 Å². The second-order valence-corrected chi connectivity index (χ2v) is 11.8. The summed E-state index contributed by atoms with van der Waals surface area (Å²) in [7, 11) is -3.17. The van der Waals surface area contributed by atoms with E-state index < -0.39 is 41.1 Å². The topological polar surface area (TPSA) is 159 Å². The largest absolute Gasteiger partial charge is 1.00 e. The molecule has 0 radical (unpaired) electrons. The molecule has 4 aromatic carbocycles. The molecule has 4 unspecified atom stereocenters. The molecule has 236 valence electrons. The SMILES string of the molecule is COC(C(O)CO)C(O)C(O)CNc1ccc(/C=C/c2ccc(-c3ccc(/C=C/c4ccc(S(=O)(=O)[O-])cc4)cc3)cc2)cc1.[Na+]. The summed E-state index contributed by atoms with van der Waals surface area (Å²) in [6.07, 6.45) is 2.75. The van der Waals surface area contributed by atoms with Crippen molar-refractivity contribution < 1.29 is 67.7 Å². The van der Waals surface area contributed by atoms with Gasteiger partial charge in [-0.15, -0.1) is 0 Å². The van der Waals surface area contributed by atoms with Crippen LogP contribution >= 0.6 is 0 Å². The van der Waals surface area contributed by atoms with Gasteiger partial charge in [-0.2, -0.15) is 0 Å². The molecule has 0 amide bonds. The Kier molecular flexibility index (Phi) is 14.4. The number of benzene rings is 4. The predicted octanol–water partition coefficient (Wildman–Crippen LogP) is 1.10. The number of methoxy groups -OCH3 is 1. The van der Waals surface area contributed by atoms with E-state index in [-0.39, 0.29) is 41.0 Å². The number of hydrogen-bond acceptors (Lipinski definition) is 9. The average molecular weight is 654 g/mol. The van der Waals surface area contributed by atoms with Gasteiger partial charge in [-0.3, -0.25) is 0 Å². The third-order valence-electron chi connectivity index (χ3n) is 7.26. The first-order chi connectivity index (χ1) is 21.6. The first-order valence-electron chi connectivity index (χ1n) is 14.2. The van der Waals surface area contributed by atoms with Crippen LogP contribution in [0.4, 0.5) is 5.69 Å². The Morgan fingerprint density at radius 1 is 0.696 bits per heavy atom. The summed E-state index contributed by atoms with van der Waals surface area (Å²) in [5, 5.41) is 42.4. The van der Waals surface area contributed by atoms with E-state index in [1.807, 2.05) is 85.0 Å². The molecule has 0 bridgehead atoms. The molecular weight excluding hydrogens is 617 g/mol. The first kappa shape index (κ1) is 37.3. The van der Waals surface area contributed by atoms with E-state index in [0.29, 0.717) is 0 Å². The number of ether oxygens (including phenoxy) is 1. The standard InChI is InChI=1S/C35H37NO8S.Na/c1-44-35(33(39)23-37)34(40)32(38)22-36-30-18-10-26(11-19-30)4-2-24-6-14-28(15-7-24)29-16-8-25(9-17-29)3-5-27-12-20-31(21-13-27)45(41,42)43;/h2-21,32-40H,22-23H2,1H3,(H,41,42,43);/q;+1/p-1/b4-2+,5-3+;. The van der Waals surface area contributed by atoms with Crippen LogP contribution in [0.5, 0.6) is 0 Å². The van der Waals surface area contributed by atoms with Gasteiger partial charge in [-0.25, -0.2) is 8.42 Å². The number of hydrogen-bond donors (Lipinski definition) is 5. The quantitative estimate of drug-likeness (QED) is 0.0764. The Balaban J connectivity index is 0.00000576. The molecule has 46 heavy (non-hydrogen) atoms. The van der Waals surface area contributed by atoms with E-state index in [1.165, 1.54) is 19.2 Å². The molecule has 9 nitrogen and oxygen atoms in total. The summed E-state index contributed by atoms with van der Waals surface area (Å²) in [5.74, 6) is 0. The molecule has 0 aromatic heterocycles. The van der Waals surface area contributed by atoms with E-state index in [1.54, 1.807) is 12.1 Å². The van der Waals surface area contributed by atoms with Gasteiger partial charge < -0.3 is 35.0 Å². The summed E-state index contributed by atoms with van der Waals surface area (Å²) in [6, 6.07) is 29.6. The molecule has 4 rings (SSSR count). The molecule has 4 atom stereocenters. The zero-order chi connectivity index (χ0) is 32.4. The molecule has 0 aliphatic carbocycles. The molecule has 0 saturated carbocycles. The van der Waals surface area contributed by atoms with Crippen molar-refractivity contribution >= 4 is 40.1 Å². The fourth-order valence-corrected chi connectivity index (χ4v) is 5.08. The third-order valence-corrected chi connectivity index (χ3v) is 8.10. The Morgan fingerprint density at radius 3 is 1.46 bits per heavy atom. The van der Waals surface area contributed by atoms with Crippen LogP contribution in [-0.4, -0.2) is 78.1 Å². The summed E-state index contributed by atoms with van der Waals surface area (Å²) in [6.45, 7) is -0.569. The average Bonchev–Trinajstić information content (AvgIpc) is 3.06. The third kappa shape index (κ3) is 10.7. The van der Waals surface area contributed by atoms with Gasteiger partial charge in [0.05, 0.1) is 17.6 Å². The Morgan fingerprint density at radius 2 is 1.09 bits per heavy atom. The van der Waals surface area contributed by atoms with Gasteiger partial charge in [-0.1, -0.05) is 97.1 Å². The molecule has 0 aliphatic heterocycles. The van der Waals surface area contributed by atoms with Crippen LogP contribution in [0.3, 0.4) is 0 Å². The Bertz CT molecular complexity index is 1680. The summed E-state index contributed by atoms with van der Waals surface area (Å²) in [5.41, 5.74) is 6.66. The van der Waals surface area contributed by atoms with Gasteiger partial charge in [0.25, 0.3) is 0 Å². The normalized spacial score (nSPS) is 14.5. The predicted molar refractivity (Wildman–Crippen MR) is 175 cm³/mol. The molecule has 0 spiro atoms. The van der Waals surface area contributed by atoms with Crippen LogP contribution in [0, 0.1) is 0 Å². The second-order valence-electron chi connectivity index (χ2n) is 10.4.